The number of aryl methyl sites for hydroxylation is 1. The Hall–Kier alpha value is -3.28. The standard InChI is InChI=1S/C21H23N3O3/c1-5-27-20-18(25-3)12-15(13-19(20)26-4)17-9-10-22-21(24-17)23-16-8-6-7-14(2)11-16/h6-13H,5H2,1-4H3,(H,22,23,24). The quantitative estimate of drug-likeness (QED) is 0.659. The van der Waals surface area contributed by atoms with Gasteiger partial charge in [0, 0.05) is 17.4 Å². The van der Waals surface area contributed by atoms with Gasteiger partial charge in [0.25, 0.3) is 0 Å². The van der Waals surface area contributed by atoms with Gasteiger partial charge in [0.05, 0.1) is 26.5 Å². The van der Waals surface area contributed by atoms with Crippen LogP contribution in [0.3, 0.4) is 0 Å². The number of benzene rings is 2. The van der Waals surface area contributed by atoms with E-state index in [1.807, 2.05) is 56.3 Å². The minimum Gasteiger partial charge on any atom is -0.493 e. The first kappa shape index (κ1) is 18.5. The number of rotatable bonds is 7. The molecule has 0 fully saturated rings. The van der Waals surface area contributed by atoms with E-state index in [0.717, 1.165) is 22.5 Å². The highest BCUT2D eigenvalue weighted by atomic mass is 16.5. The predicted molar refractivity (Wildman–Crippen MR) is 106 cm³/mol. The van der Waals surface area contributed by atoms with Gasteiger partial charge in [-0.05, 0) is 49.7 Å². The van der Waals surface area contributed by atoms with Crippen LogP contribution in [0.5, 0.6) is 17.2 Å². The maximum Gasteiger partial charge on any atom is 0.227 e. The van der Waals surface area contributed by atoms with E-state index in [1.54, 1.807) is 20.4 Å². The molecule has 1 heterocycles. The predicted octanol–water partition coefficient (Wildman–Crippen LogP) is 4.61. The molecular weight excluding hydrogens is 342 g/mol. The lowest BCUT2D eigenvalue weighted by Gasteiger charge is -2.15. The van der Waals surface area contributed by atoms with Crippen molar-refractivity contribution < 1.29 is 14.2 Å². The van der Waals surface area contributed by atoms with Crippen molar-refractivity contribution in [3.8, 4) is 28.5 Å². The highest BCUT2D eigenvalue weighted by Gasteiger charge is 2.15. The number of methoxy groups -OCH3 is 2. The molecule has 140 valence electrons. The first-order valence-electron chi connectivity index (χ1n) is 8.70. The lowest BCUT2D eigenvalue weighted by atomic mass is 10.1. The number of hydrogen-bond acceptors (Lipinski definition) is 6. The zero-order valence-electron chi connectivity index (χ0n) is 15.9. The van der Waals surface area contributed by atoms with Crippen molar-refractivity contribution in [2.45, 2.75) is 13.8 Å². The van der Waals surface area contributed by atoms with Crippen LogP contribution in [0.2, 0.25) is 0 Å². The average Bonchev–Trinajstić information content (AvgIpc) is 2.68. The molecule has 1 aromatic heterocycles. The number of nitrogens with one attached hydrogen (secondary N) is 1. The molecule has 0 saturated heterocycles. The third kappa shape index (κ3) is 4.28. The Morgan fingerprint density at radius 1 is 1.00 bits per heavy atom. The van der Waals surface area contributed by atoms with E-state index in [-0.39, 0.29) is 0 Å². The van der Waals surface area contributed by atoms with E-state index in [2.05, 4.69) is 15.3 Å². The Morgan fingerprint density at radius 2 is 1.74 bits per heavy atom. The maximum atomic E-state index is 5.66. The van der Waals surface area contributed by atoms with Crippen LogP contribution < -0.4 is 19.5 Å². The van der Waals surface area contributed by atoms with Crippen molar-refractivity contribution in [2.24, 2.45) is 0 Å². The van der Waals surface area contributed by atoms with Crippen LogP contribution in [0, 0.1) is 6.92 Å². The van der Waals surface area contributed by atoms with Crippen LogP contribution in [0.25, 0.3) is 11.3 Å². The van der Waals surface area contributed by atoms with Gasteiger partial charge in [-0.3, -0.25) is 0 Å². The summed E-state index contributed by atoms with van der Waals surface area (Å²) >= 11 is 0. The van der Waals surface area contributed by atoms with Crippen LogP contribution in [-0.2, 0) is 0 Å². The van der Waals surface area contributed by atoms with Crippen LogP contribution in [0.1, 0.15) is 12.5 Å². The van der Waals surface area contributed by atoms with Gasteiger partial charge < -0.3 is 19.5 Å². The van der Waals surface area contributed by atoms with Crippen molar-refractivity contribution in [1.29, 1.82) is 0 Å². The molecule has 0 radical (unpaired) electrons. The van der Waals surface area contributed by atoms with Crippen LogP contribution in [0.15, 0.2) is 48.7 Å². The lowest BCUT2D eigenvalue weighted by molar-refractivity contribution is 0.288. The molecule has 0 spiro atoms. The summed E-state index contributed by atoms with van der Waals surface area (Å²) in [5, 5.41) is 3.23. The summed E-state index contributed by atoms with van der Waals surface area (Å²) in [5.74, 6) is 2.29. The fourth-order valence-electron chi connectivity index (χ4n) is 2.75. The van der Waals surface area contributed by atoms with Gasteiger partial charge in [0.1, 0.15) is 0 Å². The molecule has 0 saturated carbocycles. The molecule has 2 aromatic carbocycles. The number of ether oxygens (including phenoxy) is 3. The van der Waals surface area contributed by atoms with Crippen molar-refractivity contribution >= 4 is 11.6 Å². The second-order valence-electron chi connectivity index (χ2n) is 5.90. The highest BCUT2D eigenvalue weighted by molar-refractivity contribution is 5.69. The molecule has 0 aliphatic rings. The summed E-state index contributed by atoms with van der Waals surface area (Å²) in [4.78, 5) is 8.93. The zero-order valence-corrected chi connectivity index (χ0v) is 15.9. The summed E-state index contributed by atoms with van der Waals surface area (Å²) < 4.78 is 16.6. The molecule has 0 aliphatic heterocycles. The molecule has 0 atom stereocenters. The Bertz CT molecular complexity index is 903. The van der Waals surface area contributed by atoms with E-state index >= 15 is 0 Å². The second-order valence-corrected chi connectivity index (χ2v) is 5.90. The van der Waals surface area contributed by atoms with Crippen LogP contribution in [-0.4, -0.2) is 30.8 Å². The topological polar surface area (TPSA) is 65.5 Å². The number of aromatic nitrogens is 2. The molecule has 3 rings (SSSR count). The molecule has 6 heteroatoms. The number of nitrogens with zero attached hydrogens (tertiary/aromatic N) is 2. The fourth-order valence-corrected chi connectivity index (χ4v) is 2.75. The summed E-state index contributed by atoms with van der Waals surface area (Å²) in [5.41, 5.74) is 3.70. The molecule has 27 heavy (non-hydrogen) atoms. The smallest absolute Gasteiger partial charge is 0.227 e. The van der Waals surface area contributed by atoms with Crippen molar-refractivity contribution in [1.82, 2.24) is 9.97 Å². The van der Waals surface area contributed by atoms with Gasteiger partial charge in [-0.1, -0.05) is 12.1 Å². The Kier molecular flexibility index (Phi) is 5.76. The maximum absolute atomic E-state index is 5.66. The van der Waals surface area contributed by atoms with E-state index in [9.17, 15) is 0 Å². The first-order chi connectivity index (χ1) is 13.1. The second kappa shape index (κ2) is 8.40. The van der Waals surface area contributed by atoms with Gasteiger partial charge in [-0.25, -0.2) is 9.97 Å². The zero-order chi connectivity index (χ0) is 19.2. The molecule has 6 nitrogen and oxygen atoms in total. The SMILES string of the molecule is CCOc1c(OC)cc(-c2ccnc(Nc3cccc(C)c3)n2)cc1OC. The molecule has 3 aromatic rings. The average molecular weight is 365 g/mol. The minimum absolute atomic E-state index is 0.518. The fraction of sp³-hybridized carbons (Fsp3) is 0.238. The normalized spacial score (nSPS) is 10.4. The Balaban J connectivity index is 1.96. The van der Waals surface area contributed by atoms with Gasteiger partial charge in [0.2, 0.25) is 11.7 Å². The van der Waals surface area contributed by atoms with Gasteiger partial charge in [-0.15, -0.1) is 0 Å². The third-order valence-electron chi connectivity index (χ3n) is 3.97. The van der Waals surface area contributed by atoms with Crippen LogP contribution >= 0.6 is 0 Å². The summed E-state index contributed by atoms with van der Waals surface area (Å²) in [6.45, 7) is 4.48. The van der Waals surface area contributed by atoms with Crippen molar-refractivity contribution in [3.05, 3.63) is 54.2 Å². The summed E-state index contributed by atoms with van der Waals surface area (Å²) in [6, 6.07) is 13.7. The number of anilines is 2. The van der Waals surface area contributed by atoms with Gasteiger partial charge in [-0.2, -0.15) is 0 Å². The van der Waals surface area contributed by atoms with Crippen molar-refractivity contribution in [2.75, 3.05) is 26.1 Å². The van der Waals surface area contributed by atoms with E-state index in [1.165, 1.54) is 0 Å². The molecular formula is C21H23N3O3. The summed E-state index contributed by atoms with van der Waals surface area (Å²) in [6.07, 6.45) is 1.72. The van der Waals surface area contributed by atoms with E-state index in [0.29, 0.717) is 29.8 Å². The lowest BCUT2D eigenvalue weighted by Crippen LogP contribution is -2.01. The largest absolute Gasteiger partial charge is 0.493 e. The molecule has 0 unspecified atom stereocenters. The van der Waals surface area contributed by atoms with E-state index in [4.69, 9.17) is 14.2 Å². The molecule has 0 amide bonds. The van der Waals surface area contributed by atoms with Crippen molar-refractivity contribution in [3.63, 3.8) is 0 Å². The van der Waals surface area contributed by atoms with E-state index < -0.39 is 0 Å². The Morgan fingerprint density at radius 3 is 2.37 bits per heavy atom. The third-order valence-corrected chi connectivity index (χ3v) is 3.97. The minimum atomic E-state index is 0.518. The first-order valence-corrected chi connectivity index (χ1v) is 8.70. The molecule has 0 bridgehead atoms. The monoisotopic (exact) mass is 365 g/mol. The molecule has 1 N–H and O–H groups in total. The van der Waals surface area contributed by atoms with Crippen LogP contribution in [0.4, 0.5) is 11.6 Å². The Labute approximate surface area is 159 Å². The highest BCUT2D eigenvalue weighted by Crippen LogP contribution is 2.41. The van der Waals surface area contributed by atoms with Gasteiger partial charge in [0.15, 0.2) is 11.5 Å². The van der Waals surface area contributed by atoms with Gasteiger partial charge >= 0.3 is 0 Å². The summed E-state index contributed by atoms with van der Waals surface area (Å²) in [7, 11) is 3.21. The molecule has 0 aliphatic carbocycles. The number of hydrogen-bond donors (Lipinski definition) is 1.